The Morgan fingerprint density at radius 3 is 2.41 bits per heavy atom. The highest BCUT2D eigenvalue weighted by atomic mass is 35.5. The second kappa shape index (κ2) is 6.84. The molecule has 0 saturated heterocycles. The Balaban J connectivity index is 2.22. The van der Waals surface area contributed by atoms with Crippen molar-refractivity contribution in [3.63, 3.8) is 0 Å². The van der Waals surface area contributed by atoms with E-state index in [1.807, 2.05) is 50.2 Å². The van der Waals surface area contributed by atoms with Crippen LogP contribution in [0.5, 0.6) is 5.75 Å². The molecule has 0 radical (unpaired) electrons. The summed E-state index contributed by atoms with van der Waals surface area (Å²) in [6, 6.07) is 13.0. The van der Waals surface area contributed by atoms with Crippen molar-refractivity contribution in [3.05, 3.63) is 64.2 Å². The van der Waals surface area contributed by atoms with E-state index >= 15 is 0 Å². The number of rotatable bonds is 4. The van der Waals surface area contributed by atoms with Gasteiger partial charge in [0.15, 0.2) is 0 Å². The first-order chi connectivity index (χ1) is 10.4. The summed E-state index contributed by atoms with van der Waals surface area (Å²) in [6.07, 6.45) is 0. The van der Waals surface area contributed by atoms with Crippen LogP contribution in [-0.4, -0.2) is 25.0 Å². The molecule has 0 saturated carbocycles. The predicted octanol–water partition coefficient (Wildman–Crippen LogP) is 4.49. The number of aryl methyl sites for hydroxylation is 1. The lowest BCUT2D eigenvalue weighted by Gasteiger charge is -2.25. The Morgan fingerprint density at radius 1 is 1.18 bits per heavy atom. The lowest BCUT2D eigenvalue weighted by molar-refractivity contribution is 0.0742. The van der Waals surface area contributed by atoms with E-state index in [0.29, 0.717) is 10.6 Å². The van der Waals surface area contributed by atoms with Crippen LogP contribution in [0.4, 0.5) is 0 Å². The molecule has 1 unspecified atom stereocenters. The topological polar surface area (TPSA) is 29.5 Å². The molecule has 0 aliphatic heterocycles. The molecule has 1 atom stereocenters. The third-order valence-corrected chi connectivity index (χ3v) is 4.16. The van der Waals surface area contributed by atoms with E-state index in [1.54, 1.807) is 25.1 Å². The summed E-state index contributed by atoms with van der Waals surface area (Å²) in [5, 5.41) is 0.688. The van der Waals surface area contributed by atoms with Crippen molar-refractivity contribution in [2.75, 3.05) is 14.2 Å². The number of nitrogens with zero attached hydrogens (tertiary/aromatic N) is 1. The minimum absolute atomic E-state index is 0.0410. The van der Waals surface area contributed by atoms with Crippen LogP contribution >= 0.6 is 11.6 Å². The predicted molar refractivity (Wildman–Crippen MR) is 89.7 cm³/mol. The van der Waals surface area contributed by atoms with Crippen LogP contribution in [0, 0.1) is 6.92 Å². The normalized spacial score (nSPS) is 11.9. The van der Waals surface area contributed by atoms with Crippen LogP contribution in [-0.2, 0) is 0 Å². The van der Waals surface area contributed by atoms with Crippen LogP contribution in [0.15, 0.2) is 42.5 Å². The Kier molecular flexibility index (Phi) is 5.09. The molecule has 22 heavy (non-hydrogen) atoms. The van der Waals surface area contributed by atoms with E-state index in [2.05, 4.69) is 0 Å². The second-order valence-electron chi connectivity index (χ2n) is 5.33. The summed E-state index contributed by atoms with van der Waals surface area (Å²) >= 11 is 5.91. The number of carbonyl (C=O) groups excluding carboxylic acids is 1. The first-order valence-corrected chi connectivity index (χ1v) is 7.49. The molecule has 0 aromatic heterocycles. The third kappa shape index (κ3) is 3.42. The fraction of sp³-hybridized carbons (Fsp3) is 0.278. The van der Waals surface area contributed by atoms with Gasteiger partial charge in [0.25, 0.3) is 5.91 Å². The summed E-state index contributed by atoms with van der Waals surface area (Å²) in [7, 11) is 3.41. The zero-order valence-corrected chi connectivity index (χ0v) is 14.0. The molecule has 0 aliphatic rings. The molecule has 0 bridgehead atoms. The van der Waals surface area contributed by atoms with Crippen molar-refractivity contribution in [3.8, 4) is 5.75 Å². The zero-order valence-electron chi connectivity index (χ0n) is 13.3. The van der Waals surface area contributed by atoms with E-state index in [-0.39, 0.29) is 11.9 Å². The Morgan fingerprint density at radius 2 is 1.82 bits per heavy atom. The van der Waals surface area contributed by atoms with Crippen molar-refractivity contribution >= 4 is 17.5 Å². The van der Waals surface area contributed by atoms with E-state index < -0.39 is 0 Å². The maximum absolute atomic E-state index is 12.7. The SMILES string of the molecule is COc1cc(C(=O)N(C)C(C)c2ccc(Cl)cc2)ccc1C. The quantitative estimate of drug-likeness (QED) is 0.831. The number of ether oxygens (including phenoxy) is 1. The molecule has 0 fully saturated rings. The minimum Gasteiger partial charge on any atom is -0.496 e. The monoisotopic (exact) mass is 317 g/mol. The van der Waals surface area contributed by atoms with Gasteiger partial charge in [-0.25, -0.2) is 0 Å². The molecule has 0 spiro atoms. The molecule has 0 heterocycles. The first-order valence-electron chi connectivity index (χ1n) is 7.11. The number of hydrogen-bond donors (Lipinski definition) is 0. The Labute approximate surface area is 136 Å². The molecular formula is C18H20ClNO2. The number of halogens is 1. The summed E-state index contributed by atoms with van der Waals surface area (Å²) in [4.78, 5) is 14.4. The highest BCUT2D eigenvalue weighted by molar-refractivity contribution is 6.30. The molecule has 0 aliphatic carbocycles. The van der Waals surface area contributed by atoms with Gasteiger partial charge >= 0.3 is 0 Å². The van der Waals surface area contributed by atoms with Crippen molar-refractivity contribution in [2.45, 2.75) is 19.9 Å². The second-order valence-corrected chi connectivity index (χ2v) is 5.76. The van der Waals surface area contributed by atoms with Crippen LogP contribution in [0.25, 0.3) is 0 Å². The summed E-state index contributed by atoms with van der Waals surface area (Å²) in [5.74, 6) is 0.680. The van der Waals surface area contributed by atoms with Gasteiger partial charge in [0.05, 0.1) is 13.2 Å². The van der Waals surface area contributed by atoms with Gasteiger partial charge < -0.3 is 9.64 Å². The molecule has 2 aromatic carbocycles. The van der Waals surface area contributed by atoms with Crippen LogP contribution in [0.3, 0.4) is 0 Å². The Hall–Kier alpha value is -2.00. The van der Waals surface area contributed by atoms with E-state index in [4.69, 9.17) is 16.3 Å². The molecule has 2 aromatic rings. The molecule has 4 heteroatoms. The molecule has 116 valence electrons. The van der Waals surface area contributed by atoms with Gasteiger partial charge in [0, 0.05) is 17.6 Å². The van der Waals surface area contributed by atoms with E-state index in [1.165, 1.54) is 0 Å². The lowest BCUT2D eigenvalue weighted by atomic mass is 10.1. The molecule has 2 rings (SSSR count). The van der Waals surface area contributed by atoms with Gasteiger partial charge in [-0.05, 0) is 49.2 Å². The number of benzene rings is 2. The van der Waals surface area contributed by atoms with Gasteiger partial charge in [-0.2, -0.15) is 0 Å². The molecular weight excluding hydrogens is 298 g/mol. The van der Waals surface area contributed by atoms with Crippen LogP contribution in [0.2, 0.25) is 5.02 Å². The number of methoxy groups -OCH3 is 1. The lowest BCUT2D eigenvalue weighted by Crippen LogP contribution is -2.29. The van der Waals surface area contributed by atoms with Gasteiger partial charge in [-0.1, -0.05) is 29.8 Å². The number of hydrogen-bond acceptors (Lipinski definition) is 2. The van der Waals surface area contributed by atoms with Gasteiger partial charge in [-0.15, -0.1) is 0 Å². The highest BCUT2D eigenvalue weighted by Gasteiger charge is 2.19. The fourth-order valence-corrected chi connectivity index (χ4v) is 2.42. The third-order valence-electron chi connectivity index (χ3n) is 3.91. The van der Waals surface area contributed by atoms with Crippen molar-refractivity contribution in [1.29, 1.82) is 0 Å². The average molecular weight is 318 g/mol. The summed E-state index contributed by atoms with van der Waals surface area (Å²) < 4.78 is 5.29. The summed E-state index contributed by atoms with van der Waals surface area (Å²) in [6.45, 7) is 3.94. The number of carbonyl (C=O) groups is 1. The standard InChI is InChI=1S/C18H20ClNO2/c1-12-5-6-15(11-17(12)22-4)18(21)20(3)13(2)14-7-9-16(19)10-8-14/h5-11,13H,1-4H3. The van der Waals surface area contributed by atoms with Crippen molar-refractivity contribution in [1.82, 2.24) is 4.90 Å². The largest absolute Gasteiger partial charge is 0.496 e. The van der Waals surface area contributed by atoms with Crippen LogP contribution in [0.1, 0.15) is 34.5 Å². The van der Waals surface area contributed by atoms with Gasteiger partial charge in [-0.3, -0.25) is 4.79 Å². The van der Waals surface area contributed by atoms with E-state index in [0.717, 1.165) is 16.9 Å². The van der Waals surface area contributed by atoms with Gasteiger partial charge in [0.2, 0.25) is 0 Å². The summed E-state index contributed by atoms with van der Waals surface area (Å²) in [5.41, 5.74) is 2.66. The number of amides is 1. The first kappa shape index (κ1) is 16.4. The molecule has 3 nitrogen and oxygen atoms in total. The minimum atomic E-state index is -0.0444. The maximum Gasteiger partial charge on any atom is 0.254 e. The van der Waals surface area contributed by atoms with Crippen molar-refractivity contribution < 1.29 is 9.53 Å². The zero-order chi connectivity index (χ0) is 16.3. The molecule has 1 amide bonds. The molecule has 0 N–H and O–H groups in total. The fourth-order valence-electron chi connectivity index (χ4n) is 2.30. The average Bonchev–Trinajstić information content (AvgIpc) is 2.54. The smallest absolute Gasteiger partial charge is 0.254 e. The van der Waals surface area contributed by atoms with Gasteiger partial charge in [0.1, 0.15) is 5.75 Å². The Bertz CT molecular complexity index is 667. The van der Waals surface area contributed by atoms with Crippen molar-refractivity contribution in [2.24, 2.45) is 0 Å². The van der Waals surface area contributed by atoms with E-state index in [9.17, 15) is 4.79 Å². The maximum atomic E-state index is 12.7. The highest BCUT2D eigenvalue weighted by Crippen LogP contribution is 2.24. The van der Waals surface area contributed by atoms with Crippen LogP contribution < -0.4 is 4.74 Å².